The van der Waals surface area contributed by atoms with Gasteiger partial charge in [-0.2, -0.15) is 5.10 Å². The van der Waals surface area contributed by atoms with Gasteiger partial charge in [-0.25, -0.2) is 9.78 Å². The zero-order valence-corrected chi connectivity index (χ0v) is 14.1. The minimum absolute atomic E-state index is 0.216. The topological polar surface area (TPSA) is 115 Å². The first-order valence-electron chi connectivity index (χ1n) is 8.06. The minimum Gasteiger partial charge on any atom is -0.465 e. The highest BCUT2D eigenvalue weighted by atomic mass is 32.1. The van der Waals surface area contributed by atoms with E-state index in [1.807, 2.05) is 13.0 Å². The molecule has 3 N–H and O–H groups in total. The Morgan fingerprint density at radius 2 is 2.32 bits per heavy atom. The first kappa shape index (κ1) is 14.6. The molecule has 25 heavy (non-hydrogen) atoms. The molecule has 0 spiro atoms. The molecule has 1 saturated carbocycles. The molecule has 0 unspecified atom stereocenters. The van der Waals surface area contributed by atoms with E-state index in [1.165, 1.54) is 16.2 Å². The van der Waals surface area contributed by atoms with Crippen LogP contribution >= 0.6 is 11.3 Å². The third-order valence-corrected chi connectivity index (χ3v) is 6.33. The minimum atomic E-state index is -0.958. The first-order chi connectivity index (χ1) is 12.0. The lowest BCUT2D eigenvalue weighted by Crippen LogP contribution is -2.33. The van der Waals surface area contributed by atoms with E-state index in [2.05, 4.69) is 20.2 Å². The predicted octanol–water partition coefficient (Wildman–Crippen LogP) is 2.35. The number of rotatable bonds is 2. The maximum atomic E-state index is 12.5. The summed E-state index contributed by atoms with van der Waals surface area (Å²) in [5.41, 5.74) is 2.26. The Morgan fingerprint density at radius 3 is 3.04 bits per heavy atom. The highest BCUT2D eigenvalue weighted by Gasteiger charge is 2.55. The Morgan fingerprint density at radius 1 is 1.48 bits per heavy atom. The Kier molecular flexibility index (Phi) is 2.88. The van der Waals surface area contributed by atoms with E-state index < -0.39 is 6.09 Å². The van der Waals surface area contributed by atoms with Crippen molar-refractivity contribution in [3.63, 3.8) is 0 Å². The SMILES string of the molecule is Cc1[nH]ncc1-c1cc2nc([C@@H]3[C@@H]4C[C@@H]4CN3C(=O)O)[nH]c(=O)c2s1. The van der Waals surface area contributed by atoms with Crippen molar-refractivity contribution in [2.24, 2.45) is 11.8 Å². The van der Waals surface area contributed by atoms with Crippen molar-refractivity contribution in [3.8, 4) is 10.4 Å². The standard InChI is InChI=1S/C16H15N5O3S/c1-6-9(4-17-20-6)11-3-10-13(25-11)15(22)19-14(18-10)12-8-2-7(8)5-21(12)16(23)24/h3-4,7-8,12H,2,5H2,1H3,(H,17,20)(H,23,24)(H,18,19,22)/t7-,8-,12+/m1/s1. The fraction of sp³-hybridized carbons (Fsp3) is 0.375. The van der Waals surface area contributed by atoms with Crippen LogP contribution in [0.2, 0.25) is 0 Å². The number of hydrogen-bond acceptors (Lipinski definition) is 5. The van der Waals surface area contributed by atoms with Crippen LogP contribution in [0.4, 0.5) is 4.79 Å². The second-order valence-electron chi connectivity index (χ2n) is 6.72. The van der Waals surface area contributed by atoms with Crippen LogP contribution in [0.15, 0.2) is 17.1 Å². The van der Waals surface area contributed by atoms with Gasteiger partial charge in [0.15, 0.2) is 0 Å². The summed E-state index contributed by atoms with van der Waals surface area (Å²) < 4.78 is 0.548. The van der Waals surface area contributed by atoms with Crippen molar-refractivity contribution in [2.45, 2.75) is 19.4 Å². The van der Waals surface area contributed by atoms with Crippen LogP contribution in [0.5, 0.6) is 0 Å². The van der Waals surface area contributed by atoms with Crippen molar-refractivity contribution in [1.29, 1.82) is 0 Å². The van der Waals surface area contributed by atoms with Gasteiger partial charge in [-0.05, 0) is 31.2 Å². The van der Waals surface area contributed by atoms with E-state index in [4.69, 9.17) is 0 Å². The summed E-state index contributed by atoms with van der Waals surface area (Å²) in [7, 11) is 0. The highest BCUT2D eigenvalue weighted by Crippen LogP contribution is 2.55. The van der Waals surface area contributed by atoms with Gasteiger partial charge in [0.25, 0.3) is 5.56 Å². The lowest BCUT2D eigenvalue weighted by atomic mass is 10.1. The molecule has 1 saturated heterocycles. The molecule has 128 valence electrons. The number of hydrogen-bond donors (Lipinski definition) is 3. The van der Waals surface area contributed by atoms with Crippen LogP contribution in [0.1, 0.15) is 24.0 Å². The van der Waals surface area contributed by atoms with Gasteiger partial charge in [0, 0.05) is 22.7 Å². The number of nitrogens with one attached hydrogen (secondary N) is 2. The van der Waals surface area contributed by atoms with Crippen LogP contribution in [0, 0.1) is 18.8 Å². The number of H-pyrrole nitrogens is 2. The second-order valence-corrected chi connectivity index (χ2v) is 7.78. The quantitative estimate of drug-likeness (QED) is 0.651. The van der Waals surface area contributed by atoms with Crippen LogP contribution < -0.4 is 5.56 Å². The molecule has 2 fully saturated rings. The molecule has 8 nitrogen and oxygen atoms in total. The van der Waals surface area contributed by atoms with E-state index in [0.717, 1.165) is 22.6 Å². The molecule has 3 aromatic heterocycles. The predicted molar refractivity (Wildman–Crippen MR) is 91.6 cm³/mol. The Hall–Kier alpha value is -2.68. The number of amides is 1. The van der Waals surface area contributed by atoms with Gasteiger partial charge in [-0.15, -0.1) is 11.3 Å². The molecule has 1 aliphatic carbocycles. The van der Waals surface area contributed by atoms with Crippen molar-refractivity contribution in [3.05, 3.63) is 34.1 Å². The lowest BCUT2D eigenvalue weighted by molar-refractivity contribution is 0.129. The monoisotopic (exact) mass is 357 g/mol. The van der Waals surface area contributed by atoms with Crippen LogP contribution in [-0.4, -0.2) is 42.8 Å². The molecule has 3 atom stereocenters. The number of thiophene rings is 1. The fourth-order valence-corrected chi connectivity index (χ4v) is 4.90. The molecule has 1 amide bonds. The summed E-state index contributed by atoms with van der Waals surface area (Å²) in [6.07, 6.45) is 1.77. The third kappa shape index (κ3) is 2.12. The summed E-state index contributed by atoms with van der Waals surface area (Å²) in [4.78, 5) is 33.8. The Bertz CT molecular complexity index is 1070. The number of likely N-dealkylation sites (tertiary alicyclic amines) is 1. The van der Waals surface area contributed by atoms with Crippen LogP contribution in [0.25, 0.3) is 20.7 Å². The van der Waals surface area contributed by atoms with Gasteiger partial charge >= 0.3 is 6.09 Å². The maximum absolute atomic E-state index is 12.5. The molecule has 0 radical (unpaired) electrons. The van der Waals surface area contributed by atoms with Gasteiger partial charge in [0.05, 0.1) is 17.8 Å². The van der Waals surface area contributed by atoms with Gasteiger partial charge in [0.1, 0.15) is 10.5 Å². The average Bonchev–Trinajstić information content (AvgIpc) is 2.92. The van der Waals surface area contributed by atoms with Gasteiger partial charge in [-0.3, -0.25) is 14.8 Å². The van der Waals surface area contributed by atoms with E-state index in [0.29, 0.717) is 28.5 Å². The molecule has 1 aliphatic heterocycles. The van der Waals surface area contributed by atoms with Gasteiger partial charge in [0.2, 0.25) is 0 Å². The van der Waals surface area contributed by atoms with Crippen molar-refractivity contribution in [1.82, 2.24) is 25.1 Å². The molecule has 4 heterocycles. The zero-order valence-electron chi connectivity index (χ0n) is 13.3. The van der Waals surface area contributed by atoms with Gasteiger partial charge < -0.3 is 10.1 Å². The molecule has 2 aliphatic rings. The molecule has 0 bridgehead atoms. The number of nitrogens with zero attached hydrogens (tertiary/aromatic N) is 3. The summed E-state index contributed by atoms with van der Waals surface area (Å²) >= 11 is 1.37. The average molecular weight is 357 g/mol. The third-order valence-electron chi connectivity index (χ3n) is 5.17. The maximum Gasteiger partial charge on any atom is 0.407 e. The van der Waals surface area contributed by atoms with E-state index in [9.17, 15) is 14.7 Å². The summed E-state index contributed by atoms with van der Waals surface area (Å²) in [6, 6.07) is 1.53. The Balaban J connectivity index is 1.63. The number of piperidine rings is 1. The summed E-state index contributed by atoms with van der Waals surface area (Å²) in [6.45, 7) is 2.45. The summed E-state index contributed by atoms with van der Waals surface area (Å²) in [5.74, 6) is 1.12. The number of carboxylic acid groups (broad SMARTS) is 1. The molecular formula is C16H15N5O3S. The number of carbonyl (C=O) groups is 1. The molecule has 5 rings (SSSR count). The first-order valence-corrected chi connectivity index (χ1v) is 8.88. The number of aromatic nitrogens is 4. The number of fused-ring (bicyclic) bond motifs is 2. The largest absolute Gasteiger partial charge is 0.465 e. The van der Waals surface area contributed by atoms with Crippen molar-refractivity contribution in [2.75, 3.05) is 6.54 Å². The second kappa shape index (κ2) is 4.92. The van der Waals surface area contributed by atoms with E-state index >= 15 is 0 Å². The van der Waals surface area contributed by atoms with Crippen molar-refractivity contribution < 1.29 is 9.90 Å². The number of aromatic amines is 2. The Labute approximate surface area is 145 Å². The normalized spacial score (nSPS) is 24.7. The molecular weight excluding hydrogens is 342 g/mol. The van der Waals surface area contributed by atoms with Crippen LogP contribution in [-0.2, 0) is 0 Å². The highest BCUT2D eigenvalue weighted by molar-refractivity contribution is 7.22. The molecule has 3 aromatic rings. The lowest BCUT2D eigenvalue weighted by Gasteiger charge is -2.23. The fourth-order valence-electron chi connectivity index (χ4n) is 3.84. The van der Waals surface area contributed by atoms with E-state index in [1.54, 1.807) is 6.20 Å². The van der Waals surface area contributed by atoms with E-state index in [-0.39, 0.29) is 17.5 Å². The molecule has 0 aromatic carbocycles. The summed E-state index contributed by atoms with van der Waals surface area (Å²) in [5, 5.41) is 16.3. The van der Waals surface area contributed by atoms with Crippen LogP contribution in [0.3, 0.4) is 0 Å². The molecule has 9 heteroatoms. The van der Waals surface area contributed by atoms with Crippen molar-refractivity contribution >= 4 is 27.6 Å². The van der Waals surface area contributed by atoms with Gasteiger partial charge in [-0.1, -0.05) is 0 Å². The smallest absolute Gasteiger partial charge is 0.407 e. The number of aryl methyl sites for hydroxylation is 1. The zero-order chi connectivity index (χ0) is 17.3.